The number of rotatable bonds is 5. The Hall–Kier alpha value is -2.05. The molecule has 7 heteroatoms. The van der Waals surface area contributed by atoms with Gasteiger partial charge in [-0.15, -0.1) is 0 Å². The normalized spacial score (nSPS) is 11.3. The lowest BCUT2D eigenvalue weighted by atomic mass is 10.2. The number of aromatic amines is 2. The molecule has 0 saturated heterocycles. The summed E-state index contributed by atoms with van der Waals surface area (Å²) in [5.74, 6) is 0. The fourth-order valence-corrected chi connectivity index (χ4v) is 2.17. The number of hydrogen-bond acceptors (Lipinski definition) is 3. The summed E-state index contributed by atoms with van der Waals surface area (Å²) >= 11 is 0. The lowest BCUT2D eigenvalue weighted by Gasteiger charge is -2.07. The van der Waals surface area contributed by atoms with Gasteiger partial charge < -0.3 is 0 Å². The van der Waals surface area contributed by atoms with Crippen molar-refractivity contribution in [2.75, 3.05) is 0 Å². The number of H-pyrrole nitrogens is 2. The Morgan fingerprint density at radius 3 is 2.47 bits per heavy atom. The molecule has 2 N–H and O–H groups in total. The van der Waals surface area contributed by atoms with E-state index in [2.05, 4.69) is 16.9 Å². The van der Waals surface area contributed by atoms with Gasteiger partial charge in [0, 0.05) is 13.6 Å². The Morgan fingerprint density at radius 2 is 1.79 bits per heavy atom. The zero-order valence-electron chi connectivity index (χ0n) is 11.2. The van der Waals surface area contributed by atoms with E-state index in [1.165, 1.54) is 16.2 Å². The number of unbranched alkanes of at least 4 members (excludes halogenated alkanes) is 3. The number of hydrogen-bond donors (Lipinski definition) is 2. The molecule has 0 radical (unpaired) electrons. The molecule has 7 nitrogen and oxygen atoms in total. The maximum Gasteiger partial charge on any atom is 0.332 e. The minimum Gasteiger partial charge on any atom is -0.300 e. The smallest absolute Gasteiger partial charge is 0.300 e. The first kappa shape index (κ1) is 13.4. The van der Waals surface area contributed by atoms with Crippen molar-refractivity contribution in [3.63, 3.8) is 0 Å². The third-order valence-corrected chi connectivity index (χ3v) is 3.25. The minimum absolute atomic E-state index is 0.155. The molecular formula is C12H18N4O3. The fourth-order valence-electron chi connectivity index (χ4n) is 2.17. The summed E-state index contributed by atoms with van der Waals surface area (Å²) in [6, 6.07) is 0. The highest BCUT2D eigenvalue weighted by atomic mass is 16.2. The standard InChI is InChI=1S/C12H18N4O3/c1-3-4-5-6-7-16-10(17)8-9(14-11(18)13-8)15(2)12(16)19/h3-7H2,1-2H3,(H2,13,14,18). The van der Waals surface area contributed by atoms with Crippen LogP contribution >= 0.6 is 0 Å². The van der Waals surface area contributed by atoms with Crippen molar-refractivity contribution in [3.8, 4) is 0 Å². The van der Waals surface area contributed by atoms with Crippen molar-refractivity contribution in [2.24, 2.45) is 7.05 Å². The predicted octanol–water partition coefficient (Wildman–Crippen LogP) is 0.297. The van der Waals surface area contributed by atoms with E-state index in [-0.39, 0.29) is 11.2 Å². The van der Waals surface area contributed by atoms with Crippen LogP contribution in [0.25, 0.3) is 11.2 Å². The largest absolute Gasteiger partial charge is 0.332 e. The maximum absolute atomic E-state index is 12.1. The molecule has 2 aromatic heterocycles. The molecule has 2 heterocycles. The van der Waals surface area contributed by atoms with Gasteiger partial charge >= 0.3 is 11.4 Å². The number of nitrogens with zero attached hydrogens (tertiary/aromatic N) is 2. The van der Waals surface area contributed by atoms with Gasteiger partial charge in [0.15, 0.2) is 5.52 Å². The predicted molar refractivity (Wildman–Crippen MR) is 72.6 cm³/mol. The maximum atomic E-state index is 12.1. The first-order valence-electron chi connectivity index (χ1n) is 6.48. The zero-order chi connectivity index (χ0) is 14.0. The molecule has 2 aromatic rings. The van der Waals surface area contributed by atoms with Gasteiger partial charge in [0.25, 0.3) is 5.56 Å². The molecule has 0 amide bonds. The Kier molecular flexibility index (Phi) is 3.73. The summed E-state index contributed by atoms with van der Waals surface area (Å²) in [7, 11) is 1.54. The zero-order valence-corrected chi connectivity index (χ0v) is 11.2. The highest BCUT2D eigenvalue weighted by Crippen LogP contribution is 2.01. The van der Waals surface area contributed by atoms with Crippen LogP contribution in [0.1, 0.15) is 32.6 Å². The van der Waals surface area contributed by atoms with Crippen molar-refractivity contribution in [2.45, 2.75) is 39.2 Å². The van der Waals surface area contributed by atoms with Crippen LogP contribution in [-0.2, 0) is 13.6 Å². The molecule has 2 rings (SSSR count). The monoisotopic (exact) mass is 266 g/mol. The van der Waals surface area contributed by atoms with Crippen LogP contribution in [0.15, 0.2) is 14.4 Å². The Bertz CT molecular complexity index is 747. The van der Waals surface area contributed by atoms with Gasteiger partial charge in [0.2, 0.25) is 0 Å². The minimum atomic E-state index is -0.481. The summed E-state index contributed by atoms with van der Waals surface area (Å²) in [6.07, 6.45) is 3.94. The summed E-state index contributed by atoms with van der Waals surface area (Å²) in [5.41, 5.74) is -0.921. The second-order valence-electron chi connectivity index (χ2n) is 4.66. The molecule has 0 aliphatic carbocycles. The third-order valence-electron chi connectivity index (χ3n) is 3.25. The molecule has 19 heavy (non-hydrogen) atoms. The molecule has 0 aliphatic rings. The van der Waals surface area contributed by atoms with E-state index in [1.807, 2.05) is 0 Å². The summed E-state index contributed by atoms with van der Waals surface area (Å²) in [4.78, 5) is 40.3. The highest BCUT2D eigenvalue weighted by Gasteiger charge is 2.12. The molecule has 0 saturated carbocycles. The highest BCUT2D eigenvalue weighted by molar-refractivity contribution is 5.68. The topological polar surface area (TPSA) is 92.7 Å². The van der Waals surface area contributed by atoms with Crippen LogP contribution in [0.3, 0.4) is 0 Å². The van der Waals surface area contributed by atoms with Crippen LogP contribution < -0.4 is 16.9 Å². The van der Waals surface area contributed by atoms with E-state index in [0.29, 0.717) is 6.54 Å². The molecule has 0 aliphatic heterocycles. The van der Waals surface area contributed by atoms with Crippen LogP contribution in [0.5, 0.6) is 0 Å². The number of nitrogens with one attached hydrogen (secondary N) is 2. The van der Waals surface area contributed by atoms with E-state index in [0.717, 1.165) is 25.7 Å². The summed E-state index contributed by atoms with van der Waals surface area (Å²) in [6.45, 7) is 2.48. The van der Waals surface area contributed by atoms with Gasteiger partial charge in [-0.25, -0.2) is 9.59 Å². The lowest BCUT2D eigenvalue weighted by Crippen LogP contribution is -2.39. The lowest BCUT2D eigenvalue weighted by molar-refractivity contribution is 0.539. The molecule has 104 valence electrons. The van der Waals surface area contributed by atoms with E-state index in [9.17, 15) is 14.4 Å². The first-order chi connectivity index (χ1) is 9.06. The van der Waals surface area contributed by atoms with Crippen molar-refractivity contribution in [1.82, 2.24) is 19.1 Å². The molecule has 0 unspecified atom stereocenters. The second-order valence-corrected chi connectivity index (χ2v) is 4.66. The SMILES string of the molecule is CCCCCCn1c(=O)c2[nH]c(=O)[nH]c2n(C)c1=O. The van der Waals surface area contributed by atoms with E-state index in [4.69, 9.17) is 0 Å². The van der Waals surface area contributed by atoms with Gasteiger partial charge in [-0.05, 0) is 6.42 Å². The summed E-state index contributed by atoms with van der Waals surface area (Å²) < 4.78 is 2.47. The van der Waals surface area contributed by atoms with Crippen molar-refractivity contribution >= 4 is 11.2 Å². The molecule has 0 bridgehead atoms. The number of fused-ring (bicyclic) bond motifs is 1. The Morgan fingerprint density at radius 1 is 1.05 bits per heavy atom. The molecular weight excluding hydrogens is 248 g/mol. The first-order valence-corrected chi connectivity index (χ1v) is 6.48. The van der Waals surface area contributed by atoms with Gasteiger partial charge in [-0.2, -0.15) is 0 Å². The average molecular weight is 266 g/mol. The van der Waals surface area contributed by atoms with Gasteiger partial charge in [-0.3, -0.25) is 23.9 Å². The number of aryl methyl sites for hydroxylation is 1. The third kappa shape index (κ3) is 2.40. The van der Waals surface area contributed by atoms with E-state index < -0.39 is 16.9 Å². The summed E-state index contributed by atoms with van der Waals surface area (Å²) in [5, 5.41) is 0. The molecule has 0 aromatic carbocycles. The van der Waals surface area contributed by atoms with Crippen molar-refractivity contribution in [3.05, 3.63) is 31.3 Å². The van der Waals surface area contributed by atoms with Gasteiger partial charge in [0.1, 0.15) is 5.65 Å². The van der Waals surface area contributed by atoms with Crippen molar-refractivity contribution in [1.29, 1.82) is 0 Å². The Balaban J connectivity index is 2.46. The van der Waals surface area contributed by atoms with E-state index >= 15 is 0 Å². The van der Waals surface area contributed by atoms with E-state index in [1.54, 1.807) is 0 Å². The quantitative estimate of drug-likeness (QED) is 0.762. The average Bonchev–Trinajstić information content (AvgIpc) is 2.78. The van der Waals surface area contributed by atoms with Crippen LogP contribution in [-0.4, -0.2) is 19.1 Å². The molecule has 0 spiro atoms. The van der Waals surface area contributed by atoms with Crippen LogP contribution in [0.2, 0.25) is 0 Å². The second kappa shape index (κ2) is 5.29. The van der Waals surface area contributed by atoms with Gasteiger partial charge in [-0.1, -0.05) is 26.2 Å². The fraction of sp³-hybridized carbons (Fsp3) is 0.583. The van der Waals surface area contributed by atoms with Crippen molar-refractivity contribution < 1.29 is 0 Å². The molecule has 0 fully saturated rings. The van der Waals surface area contributed by atoms with Crippen LogP contribution in [0.4, 0.5) is 0 Å². The van der Waals surface area contributed by atoms with Gasteiger partial charge in [0.05, 0.1) is 0 Å². The van der Waals surface area contributed by atoms with Crippen LogP contribution in [0, 0.1) is 0 Å². The number of aromatic nitrogens is 4. The molecule has 0 atom stereocenters. The number of imidazole rings is 1. The Labute approximate surface area is 108 Å².